The quantitative estimate of drug-likeness (QED) is 0.763. The molecule has 0 aliphatic rings. The van der Waals surface area contributed by atoms with Gasteiger partial charge in [0.1, 0.15) is 4.90 Å². The fourth-order valence-electron chi connectivity index (χ4n) is 1.68. The standard InChI is InChI=1S/C12H17ClFN3O3S/c1-3-4-17(7-11(18)16-2)21(19,20)10-6-8(13)5-9(15)12(10)14/h5-6H,3-4,7,15H2,1-2H3,(H,16,18). The number of sulfonamides is 1. The van der Waals surface area contributed by atoms with Crippen molar-refractivity contribution in [3.63, 3.8) is 0 Å². The number of halogens is 2. The predicted molar refractivity (Wildman–Crippen MR) is 78.9 cm³/mol. The van der Waals surface area contributed by atoms with E-state index in [1.54, 1.807) is 6.92 Å². The van der Waals surface area contributed by atoms with Gasteiger partial charge >= 0.3 is 0 Å². The number of hydrogen-bond donors (Lipinski definition) is 2. The van der Waals surface area contributed by atoms with Crippen LogP contribution >= 0.6 is 11.6 Å². The van der Waals surface area contributed by atoms with Gasteiger partial charge in [-0.2, -0.15) is 4.31 Å². The molecule has 0 aromatic heterocycles. The first-order chi connectivity index (χ1) is 9.73. The third-order valence-electron chi connectivity index (χ3n) is 2.72. The molecule has 1 aromatic carbocycles. The van der Waals surface area contributed by atoms with Gasteiger partial charge in [-0.15, -0.1) is 0 Å². The molecule has 1 rings (SSSR count). The molecule has 0 atom stereocenters. The summed E-state index contributed by atoms with van der Waals surface area (Å²) in [4.78, 5) is 10.8. The van der Waals surface area contributed by atoms with Gasteiger partial charge in [0.2, 0.25) is 15.9 Å². The summed E-state index contributed by atoms with van der Waals surface area (Å²) in [5, 5.41) is 2.33. The van der Waals surface area contributed by atoms with E-state index in [0.29, 0.717) is 6.42 Å². The molecule has 0 heterocycles. The Morgan fingerprint density at radius 1 is 1.48 bits per heavy atom. The molecule has 9 heteroatoms. The molecule has 0 saturated carbocycles. The van der Waals surface area contributed by atoms with Crippen LogP contribution in [0.1, 0.15) is 13.3 Å². The molecule has 118 valence electrons. The Morgan fingerprint density at radius 2 is 2.10 bits per heavy atom. The Labute approximate surface area is 128 Å². The second-order valence-corrected chi connectivity index (χ2v) is 6.66. The third-order valence-corrected chi connectivity index (χ3v) is 4.78. The van der Waals surface area contributed by atoms with Gasteiger partial charge in [-0.1, -0.05) is 18.5 Å². The van der Waals surface area contributed by atoms with Crippen LogP contribution in [-0.2, 0) is 14.8 Å². The van der Waals surface area contributed by atoms with Gasteiger partial charge in [0.05, 0.1) is 12.2 Å². The molecule has 3 N–H and O–H groups in total. The molecule has 6 nitrogen and oxygen atoms in total. The fraction of sp³-hybridized carbons (Fsp3) is 0.417. The highest BCUT2D eigenvalue weighted by molar-refractivity contribution is 7.89. The van der Waals surface area contributed by atoms with E-state index in [-0.39, 0.29) is 17.3 Å². The first-order valence-corrected chi connectivity index (χ1v) is 8.01. The lowest BCUT2D eigenvalue weighted by molar-refractivity contribution is -0.120. The minimum Gasteiger partial charge on any atom is -0.396 e. The number of nitrogens with two attached hydrogens (primary N) is 1. The first kappa shape index (κ1) is 17.7. The van der Waals surface area contributed by atoms with Crippen LogP contribution in [0.4, 0.5) is 10.1 Å². The second kappa shape index (κ2) is 7.06. The van der Waals surface area contributed by atoms with Crippen molar-refractivity contribution >= 4 is 33.2 Å². The summed E-state index contributed by atoms with van der Waals surface area (Å²) in [5.41, 5.74) is 5.03. The zero-order chi connectivity index (χ0) is 16.2. The number of benzene rings is 1. The molecule has 0 radical (unpaired) electrons. The Hall–Kier alpha value is -1.38. The maximum atomic E-state index is 14.0. The van der Waals surface area contributed by atoms with Crippen molar-refractivity contribution < 1.29 is 17.6 Å². The van der Waals surface area contributed by atoms with Crippen LogP contribution in [0.5, 0.6) is 0 Å². The number of nitrogens with one attached hydrogen (secondary N) is 1. The molecule has 0 spiro atoms. The van der Waals surface area contributed by atoms with E-state index in [2.05, 4.69) is 5.32 Å². The summed E-state index contributed by atoms with van der Waals surface area (Å²) in [6.07, 6.45) is 0.466. The Morgan fingerprint density at radius 3 is 2.62 bits per heavy atom. The number of carbonyl (C=O) groups is 1. The lowest BCUT2D eigenvalue weighted by atomic mass is 10.3. The number of rotatable bonds is 6. The first-order valence-electron chi connectivity index (χ1n) is 6.19. The van der Waals surface area contributed by atoms with E-state index in [9.17, 15) is 17.6 Å². The van der Waals surface area contributed by atoms with Gasteiger partial charge in [-0.25, -0.2) is 12.8 Å². The molecular formula is C12H17ClFN3O3S. The van der Waals surface area contributed by atoms with Crippen LogP contribution in [0.2, 0.25) is 5.02 Å². The molecule has 0 fully saturated rings. The normalized spacial score (nSPS) is 11.7. The van der Waals surface area contributed by atoms with Gasteiger partial charge in [0, 0.05) is 18.6 Å². The lowest BCUT2D eigenvalue weighted by Gasteiger charge is -2.21. The number of likely N-dealkylation sites (N-methyl/N-ethyl adjacent to an activating group) is 1. The van der Waals surface area contributed by atoms with Crippen molar-refractivity contribution in [1.29, 1.82) is 0 Å². The van der Waals surface area contributed by atoms with Gasteiger partial charge in [0.15, 0.2) is 5.82 Å². The summed E-state index contributed by atoms with van der Waals surface area (Å²) in [5.74, 6) is -1.57. The highest BCUT2D eigenvalue weighted by atomic mass is 35.5. The van der Waals surface area contributed by atoms with E-state index in [1.807, 2.05) is 0 Å². The molecule has 21 heavy (non-hydrogen) atoms. The summed E-state index contributed by atoms with van der Waals surface area (Å²) >= 11 is 5.73. The minimum absolute atomic E-state index is 0.00358. The average Bonchev–Trinajstić information content (AvgIpc) is 2.41. The van der Waals surface area contributed by atoms with Crippen molar-refractivity contribution in [2.24, 2.45) is 0 Å². The predicted octanol–water partition coefficient (Wildman–Crippen LogP) is 1.21. The maximum Gasteiger partial charge on any atom is 0.246 e. The number of anilines is 1. The largest absolute Gasteiger partial charge is 0.396 e. The van der Waals surface area contributed by atoms with Crippen LogP contribution in [0.25, 0.3) is 0 Å². The van der Waals surface area contributed by atoms with Crippen LogP contribution < -0.4 is 11.1 Å². The highest BCUT2D eigenvalue weighted by Gasteiger charge is 2.29. The maximum absolute atomic E-state index is 14.0. The SMILES string of the molecule is CCCN(CC(=O)NC)S(=O)(=O)c1cc(Cl)cc(N)c1F. The Bertz CT molecular complexity index is 637. The lowest BCUT2D eigenvalue weighted by Crippen LogP contribution is -2.40. The fourth-order valence-corrected chi connectivity index (χ4v) is 3.58. The van der Waals surface area contributed by atoms with Crippen molar-refractivity contribution in [3.05, 3.63) is 23.0 Å². The summed E-state index contributed by atoms with van der Waals surface area (Å²) < 4.78 is 39.9. The molecule has 0 aliphatic carbocycles. The third kappa shape index (κ3) is 4.05. The summed E-state index contributed by atoms with van der Waals surface area (Å²) in [6.45, 7) is 1.41. The van der Waals surface area contributed by atoms with Crippen LogP contribution in [-0.4, -0.2) is 38.8 Å². The number of amides is 1. The Kier molecular flexibility index (Phi) is 5.94. The monoisotopic (exact) mass is 337 g/mol. The average molecular weight is 338 g/mol. The van der Waals surface area contributed by atoms with E-state index < -0.39 is 33.2 Å². The smallest absolute Gasteiger partial charge is 0.246 e. The zero-order valence-corrected chi connectivity index (χ0v) is 13.3. The van der Waals surface area contributed by atoms with Crippen LogP contribution in [0.15, 0.2) is 17.0 Å². The molecule has 0 saturated heterocycles. The molecule has 0 unspecified atom stereocenters. The van der Waals surface area contributed by atoms with Gasteiger partial charge in [0.25, 0.3) is 0 Å². The highest BCUT2D eigenvalue weighted by Crippen LogP contribution is 2.27. The van der Waals surface area contributed by atoms with E-state index in [0.717, 1.165) is 16.4 Å². The minimum atomic E-state index is -4.21. The number of hydrogen-bond acceptors (Lipinski definition) is 4. The van der Waals surface area contributed by atoms with E-state index in [1.165, 1.54) is 7.05 Å². The molecule has 0 bridgehead atoms. The van der Waals surface area contributed by atoms with Crippen molar-refractivity contribution in [2.75, 3.05) is 25.9 Å². The topological polar surface area (TPSA) is 92.5 Å². The van der Waals surface area contributed by atoms with Gasteiger partial charge < -0.3 is 11.1 Å². The summed E-state index contributed by atoms with van der Waals surface area (Å²) in [6, 6.07) is 2.11. The number of carbonyl (C=O) groups excluding carboxylic acids is 1. The Balaban J connectivity index is 3.32. The number of nitrogen functional groups attached to an aromatic ring is 1. The van der Waals surface area contributed by atoms with Gasteiger partial charge in [-0.05, 0) is 18.6 Å². The summed E-state index contributed by atoms with van der Waals surface area (Å²) in [7, 11) is -2.83. The molecular weight excluding hydrogens is 321 g/mol. The van der Waals surface area contributed by atoms with Gasteiger partial charge in [-0.3, -0.25) is 4.79 Å². The molecule has 0 aliphatic heterocycles. The van der Waals surface area contributed by atoms with E-state index >= 15 is 0 Å². The second-order valence-electron chi connectivity index (χ2n) is 4.32. The zero-order valence-electron chi connectivity index (χ0n) is 11.7. The van der Waals surface area contributed by atoms with Crippen molar-refractivity contribution in [1.82, 2.24) is 9.62 Å². The molecule has 1 amide bonds. The molecule has 1 aromatic rings. The van der Waals surface area contributed by atoms with E-state index in [4.69, 9.17) is 17.3 Å². The van der Waals surface area contributed by atoms with Crippen molar-refractivity contribution in [2.45, 2.75) is 18.2 Å². The van der Waals surface area contributed by atoms with Crippen LogP contribution in [0.3, 0.4) is 0 Å². The number of nitrogens with zero attached hydrogens (tertiary/aromatic N) is 1. The van der Waals surface area contributed by atoms with Crippen molar-refractivity contribution in [3.8, 4) is 0 Å². The van der Waals surface area contributed by atoms with Crippen LogP contribution in [0, 0.1) is 5.82 Å².